The van der Waals surface area contributed by atoms with Crippen molar-refractivity contribution in [3.8, 4) is 0 Å². The number of carbonyl (C=O) groups is 2. The molecule has 0 spiro atoms. The van der Waals surface area contributed by atoms with Gasteiger partial charge in [0.25, 0.3) is 0 Å². The van der Waals surface area contributed by atoms with E-state index in [1.807, 2.05) is 27.7 Å². The van der Waals surface area contributed by atoms with Crippen LogP contribution in [0.1, 0.15) is 48.4 Å². The van der Waals surface area contributed by atoms with Crippen LogP contribution >= 0.6 is 7.72 Å². The second-order valence-corrected chi connectivity index (χ2v) is 9.63. The number of benzene rings is 1. The van der Waals surface area contributed by atoms with Crippen LogP contribution in [0.25, 0.3) is 0 Å². The number of ether oxygens (including phenoxy) is 2. The van der Waals surface area contributed by atoms with Crippen molar-refractivity contribution in [2.45, 2.75) is 39.8 Å². The number of aliphatic hydroxyl groups excluding tert-OH is 1. The molecule has 164 valence electrons. The first kappa shape index (κ1) is 23.9. The third-order valence-electron chi connectivity index (χ3n) is 4.56. The summed E-state index contributed by atoms with van der Waals surface area (Å²) in [5.74, 6) is -0.813. The van der Waals surface area contributed by atoms with E-state index in [9.17, 15) is 14.7 Å². The normalized spacial score (nSPS) is 15.9. The number of aliphatic hydroxyl groups is 1. The topological polar surface area (TPSA) is 94.5 Å². The number of imide groups is 1. The van der Waals surface area contributed by atoms with Crippen molar-refractivity contribution in [1.29, 1.82) is 0 Å². The van der Waals surface area contributed by atoms with E-state index in [0.717, 1.165) is 4.90 Å². The predicted octanol–water partition coefficient (Wildman–Crippen LogP) is 2.65. The summed E-state index contributed by atoms with van der Waals surface area (Å²) in [6.45, 7) is 8.74. The minimum atomic E-state index is -3.17. The van der Waals surface area contributed by atoms with E-state index in [-0.39, 0.29) is 12.7 Å². The average Bonchev–Trinajstić information content (AvgIpc) is 2.93. The van der Waals surface area contributed by atoms with Crippen LogP contribution in [0.4, 0.5) is 0 Å². The summed E-state index contributed by atoms with van der Waals surface area (Å²) in [6, 6.07) is 5.92. The Hall–Kier alpha value is -1.41. The molecule has 1 aromatic carbocycles. The summed E-state index contributed by atoms with van der Waals surface area (Å²) in [5, 5.41) is 10.8. The van der Waals surface area contributed by atoms with Crippen LogP contribution < -0.4 is 0 Å². The monoisotopic (exact) mass is 429 g/mol. The van der Waals surface area contributed by atoms with Crippen LogP contribution in [-0.4, -0.2) is 73.1 Å². The molecule has 1 unspecified atom stereocenters. The summed E-state index contributed by atoms with van der Waals surface area (Å²) < 4.78 is 23.5. The number of amides is 2. The molecule has 0 fully saturated rings. The van der Waals surface area contributed by atoms with Crippen molar-refractivity contribution in [3.05, 3.63) is 35.4 Å². The Bertz CT molecular complexity index is 652. The Morgan fingerprint density at radius 2 is 1.38 bits per heavy atom. The summed E-state index contributed by atoms with van der Waals surface area (Å²) in [5.41, 5.74) is 0.702. The molecule has 29 heavy (non-hydrogen) atoms. The van der Waals surface area contributed by atoms with E-state index >= 15 is 0 Å². The predicted molar refractivity (Wildman–Crippen MR) is 111 cm³/mol. The number of hydrogen-bond donors (Lipinski definition) is 1. The molecule has 1 N–H and O–H groups in total. The molecule has 1 atom stereocenters. The van der Waals surface area contributed by atoms with Gasteiger partial charge in [0.2, 0.25) is 0 Å². The number of nitrogens with zero attached hydrogens (tertiary/aromatic N) is 1. The van der Waals surface area contributed by atoms with Gasteiger partial charge in [-0.3, -0.25) is 0 Å². The second-order valence-electron chi connectivity index (χ2n) is 6.54. The van der Waals surface area contributed by atoms with Gasteiger partial charge in [-0.05, 0) is 0 Å². The number of hydrogen-bond acceptors (Lipinski definition) is 7. The molecular weight excluding hydrogens is 397 g/mol. The van der Waals surface area contributed by atoms with Crippen LogP contribution in [0.5, 0.6) is 0 Å². The van der Waals surface area contributed by atoms with Crippen LogP contribution in [0.3, 0.4) is 0 Å². The average molecular weight is 429 g/mol. The number of fused-ring (bicyclic) bond motifs is 1. The number of rotatable bonds is 13. The van der Waals surface area contributed by atoms with Gasteiger partial charge >= 0.3 is 172 Å². The molecule has 9 heteroatoms. The summed E-state index contributed by atoms with van der Waals surface area (Å²) >= 11 is 0. The zero-order chi connectivity index (χ0) is 21.4. The SMILES string of the molecule is CCOC(OCC)[PH](CC(O)CN1C(=O)c2ccccc2C1=O)(OCC)OCC. The third kappa shape index (κ3) is 5.40. The first-order valence-electron chi connectivity index (χ1n) is 10.1. The van der Waals surface area contributed by atoms with Gasteiger partial charge in [0.15, 0.2) is 0 Å². The summed E-state index contributed by atoms with van der Waals surface area (Å²) in [6.07, 6.45) is -0.933. The van der Waals surface area contributed by atoms with E-state index in [4.69, 9.17) is 18.5 Å². The van der Waals surface area contributed by atoms with E-state index in [1.165, 1.54) is 0 Å². The fourth-order valence-corrected chi connectivity index (χ4v) is 6.88. The minimum absolute atomic E-state index is 0.104. The van der Waals surface area contributed by atoms with Gasteiger partial charge in [0.05, 0.1) is 0 Å². The molecule has 8 nitrogen and oxygen atoms in total. The van der Waals surface area contributed by atoms with Crippen LogP contribution in [0.2, 0.25) is 0 Å². The van der Waals surface area contributed by atoms with Crippen LogP contribution in [0, 0.1) is 0 Å². The summed E-state index contributed by atoms with van der Waals surface area (Å²) in [7, 11) is -3.17. The van der Waals surface area contributed by atoms with Gasteiger partial charge in [-0.15, -0.1) is 0 Å². The van der Waals surface area contributed by atoms with Gasteiger partial charge in [0.1, 0.15) is 0 Å². The van der Waals surface area contributed by atoms with E-state index < -0.39 is 31.7 Å². The first-order valence-corrected chi connectivity index (χ1v) is 12.2. The van der Waals surface area contributed by atoms with Gasteiger partial charge < -0.3 is 0 Å². The molecule has 2 rings (SSSR count). The zero-order valence-corrected chi connectivity index (χ0v) is 18.6. The molecule has 1 aromatic rings. The molecule has 0 saturated heterocycles. The van der Waals surface area contributed by atoms with Crippen LogP contribution in [-0.2, 0) is 18.5 Å². The molecule has 0 aromatic heterocycles. The molecule has 0 saturated carbocycles. The molecule has 1 heterocycles. The standard InChI is InChI=1S/C20H32NO7P/c1-5-25-20(26-6-2)29(27-7-3,28-8-4)14-15(22)13-21-18(23)16-11-9-10-12-17(16)19(21)24/h9-12,15,20,22,29H,5-8,13-14H2,1-4H3. The quantitative estimate of drug-likeness (QED) is 0.293. The van der Waals surface area contributed by atoms with Crippen molar-refractivity contribution < 1.29 is 33.2 Å². The molecule has 0 radical (unpaired) electrons. The Balaban J connectivity index is 2.20. The number of β-amino-alcohol motifs (C(OH)–C–C–N with tert-alkyl or cyclic N) is 1. The maximum atomic E-state index is 12.6. The maximum absolute atomic E-state index is 12.6. The molecule has 1 aliphatic rings. The fraction of sp³-hybridized carbons (Fsp3) is 0.600. The van der Waals surface area contributed by atoms with Gasteiger partial charge in [0, 0.05) is 0 Å². The van der Waals surface area contributed by atoms with Crippen molar-refractivity contribution in [2.24, 2.45) is 0 Å². The zero-order valence-electron chi connectivity index (χ0n) is 17.6. The molecule has 2 amide bonds. The Labute approximate surface area is 172 Å². The summed E-state index contributed by atoms with van der Waals surface area (Å²) in [4.78, 5) is 26.3. The Morgan fingerprint density at radius 1 is 0.897 bits per heavy atom. The fourth-order valence-electron chi connectivity index (χ4n) is 3.49. The van der Waals surface area contributed by atoms with Gasteiger partial charge in [-0.2, -0.15) is 0 Å². The molecular formula is C20H32NO7P. The third-order valence-corrected chi connectivity index (χ3v) is 8.21. The van der Waals surface area contributed by atoms with E-state index in [1.54, 1.807) is 24.3 Å². The second kappa shape index (κ2) is 11.1. The number of carbonyl (C=O) groups excluding carboxylic acids is 2. The molecule has 0 bridgehead atoms. The molecule has 1 aliphatic heterocycles. The van der Waals surface area contributed by atoms with E-state index in [0.29, 0.717) is 37.6 Å². The van der Waals surface area contributed by atoms with Gasteiger partial charge in [-0.25, -0.2) is 0 Å². The van der Waals surface area contributed by atoms with E-state index in [2.05, 4.69) is 0 Å². The van der Waals surface area contributed by atoms with Gasteiger partial charge in [-0.1, -0.05) is 0 Å². The first-order chi connectivity index (χ1) is 13.9. The van der Waals surface area contributed by atoms with Crippen LogP contribution in [0.15, 0.2) is 24.3 Å². The van der Waals surface area contributed by atoms with Crippen molar-refractivity contribution in [1.82, 2.24) is 4.90 Å². The Kier molecular flexibility index (Phi) is 9.14. The molecule has 0 aliphatic carbocycles. The van der Waals surface area contributed by atoms with Crippen molar-refractivity contribution >= 4 is 19.5 Å². The Morgan fingerprint density at radius 3 is 1.79 bits per heavy atom. The van der Waals surface area contributed by atoms with Crippen molar-refractivity contribution in [3.63, 3.8) is 0 Å². The van der Waals surface area contributed by atoms with Crippen molar-refractivity contribution in [2.75, 3.05) is 39.1 Å².